The first-order valence-corrected chi connectivity index (χ1v) is 17.2. The minimum Gasteiger partial charge on any atom is -0.377 e. The Balaban J connectivity index is 1.68. The summed E-state index contributed by atoms with van der Waals surface area (Å²) in [5.74, 6) is 0.131. The minimum atomic E-state index is -4.14. The molecular weight excluding hydrogens is 562 g/mol. The average molecular weight is 610 g/mol. The van der Waals surface area contributed by atoms with Gasteiger partial charge in [-0.2, -0.15) is 0 Å². The van der Waals surface area contributed by atoms with Crippen LogP contribution in [0.5, 0.6) is 0 Å². The number of benzene rings is 2. The Morgan fingerprint density at radius 1 is 1.02 bits per heavy atom. The van der Waals surface area contributed by atoms with Gasteiger partial charge in [0.15, 0.2) is 0 Å². The van der Waals surface area contributed by atoms with Crippen LogP contribution in [0.15, 0.2) is 59.6 Å². The summed E-state index contributed by atoms with van der Waals surface area (Å²) < 4.78 is 35.1. The van der Waals surface area contributed by atoms with Gasteiger partial charge in [-0.1, -0.05) is 76.1 Å². The van der Waals surface area contributed by atoms with E-state index < -0.39 is 16.1 Å². The smallest absolute Gasteiger partial charge is 0.331 e. The number of carbonyl (C=O) groups is 2. The van der Waals surface area contributed by atoms with Crippen LogP contribution in [0, 0.1) is 5.41 Å². The van der Waals surface area contributed by atoms with Crippen LogP contribution in [0.25, 0.3) is 11.1 Å². The van der Waals surface area contributed by atoms with Crippen LogP contribution in [0.3, 0.4) is 0 Å². The Kier molecular flexibility index (Phi) is 11.1. The van der Waals surface area contributed by atoms with E-state index in [1.165, 1.54) is 11.0 Å². The van der Waals surface area contributed by atoms with E-state index in [2.05, 4.69) is 25.1 Å². The summed E-state index contributed by atoms with van der Waals surface area (Å²) in [4.78, 5) is 30.0. The van der Waals surface area contributed by atoms with Crippen molar-refractivity contribution in [3.8, 4) is 11.1 Å². The van der Waals surface area contributed by atoms with Crippen molar-refractivity contribution in [2.24, 2.45) is 5.41 Å². The molecule has 0 unspecified atom stereocenters. The number of amides is 3. The molecule has 2 aromatic carbocycles. The van der Waals surface area contributed by atoms with Gasteiger partial charge in [-0.3, -0.25) is 4.79 Å². The summed E-state index contributed by atoms with van der Waals surface area (Å²) in [7, 11) is -4.14. The fraction of sp³-hybridized carbons (Fsp3) is 0.529. The Hall–Kier alpha value is -3.17. The van der Waals surface area contributed by atoms with Gasteiger partial charge in [0, 0.05) is 36.4 Å². The van der Waals surface area contributed by atoms with Gasteiger partial charge in [0.25, 0.3) is 10.0 Å². The van der Waals surface area contributed by atoms with E-state index in [0.717, 1.165) is 74.6 Å². The number of likely N-dealkylation sites (tertiary alicyclic amines) is 1. The first-order chi connectivity index (χ1) is 20.6. The van der Waals surface area contributed by atoms with Crippen molar-refractivity contribution >= 4 is 22.0 Å². The molecule has 0 bridgehead atoms. The molecule has 0 aromatic heterocycles. The normalized spacial score (nSPS) is 16.3. The van der Waals surface area contributed by atoms with Gasteiger partial charge in [-0.15, -0.1) is 0 Å². The second-order valence-electron chi connectivity index (χ2n) is 12.1. The van der Waals surface area contributed by atoms with Crippen molar-refractivity contribution in [1.29, 1.82) is 0 Å². The second-order valence-corrected chi connectivity index (χ2v) is 13.7. The fourth-order valence-electron chi connectivity index (χ4n) is 6.14. The molecule has 234 valence electrons. The van der Waals surface area contributed by atoms with E-state index in [1.54, 1.807) is 18.2 Å². The predicted octanol–water partition coefficient (Wildman–Crippen LogP) is 7.00. The number of hydrogen-bond donors (Lipinski definition) is 1. The number of urea groups is 1. The average Bonchev–Trinajstić information content (AvgIpc) is 3.70. The summed E-state index contributed by atoms with van der Waals surface area (Å²) in [5, 5.41) is 0. The van der Waals surface area contributed by atoms with Crippen LogP contribution in [-0.2, 0) is 32.7 Å². The lowest BCUT2D eigenvalue weighted by atomic mass is 9.86. The van der Waals surface area contributed by atoms with Crippen molar-refractivity contribution in [3.63, 3.8) is 0 Å². The molecule has 9 heteroatoms. The number of nitrogens with zero attached hydrogens (tertiary/aromatic N) is 2. The van der Waals surface area contributed by atoms with Crippen molar-refractivity contribution in [2.45, 2.75) is 96.6 Å². The topological polar surface area (TPSA) is 96.0 Å². The molecule has 1 heterocycles. The molecule has 2 aliphatic rings. The molecule has 3 amide bonds. The van der Waals surface area contributed by atoms with Gasteiger partial charge >= 0.3 is 6.03 Å². The maximum Gasteiger partial charge on any atom is 0.331 e. The van der Waals surface area contributed by atoms with Gasteiger partial charge in [0.05, 0.1) is 18.0 Å². The molecule has 0 atom stereocenters. The molecule has 1 N–H and O–H groups in total. The van der Waals surface area contributed by atoms with Crippen LogP contribution in [-0.4, -0.2) is 49.9 Å². The molecule has 1 saturated heterocycles. The predicted molar refractivity (Wildman–Crippen MR) is 170 cm³/mol. The van der Waals surface area contributed by atoms with E-state index >= 15 is 0 Å². The number of sulfonamides is 1. The summed E-state index contributed by atoms with van der Waals surface area (Å²) >= 11 is 0. The summed E-state index contributed by atoms with van der Waals surface area (Å²) in [6.45, 7) is 12.7. The largest absolute Gasteiger partial charge is 0.377 e. The molecule has 4 rings (SSSR count). The van der Waals surface area contributed by atoms with E-state index in [-0.39, 0.29) is 22.8 Å². The number of carbonyl (C=O) groups excluding carboxylic acids is 2. The van der Waals surface area contributed by atoms with Gasteiger partial charge in [0.2, 0.25) is 5.91 Å². The third kappa shape index (κ3) is 7.87. The van der Waals surface area contributed by atoms with E-state index in [4.69, 9.17) is 4.74 Å². The number of hydrogen-bond acceptors (Lipinski definition) is 5. The van der Waals surface area contributed by atoms with Crippen molar-refractivity contribution in [1.82, 2.24) is 14.5 Å². The molecule has 1 aliphatic carbocycles. The van der Waals surface area contributed by atoms with Gasteiger partial charge < -0.3 is 14.5 Å². The van der Waals surface area contributed by atoms with Crippen LogP contribution in [0.1, 0.15) is 89.7 Å². The standard InChI is InChI=1S/C34H47N3O5S/c1-5-7-14-26(3)37(32(38)34(4)19-10-11-20-34)24-27-17-18-29(28(23-27)25-42-6-2)30-15-8-9-16-31(30)43(40,41)35-33(39)36-21-12-13-22-36/h8-9,15-18,23H,3,5-7,10-14,19-22,24-25H2,1-2,4H3,(H,35,39). The van der Waals surface area contributed by atoms with Crippen LogP contribution in [0.4, 0.5) is 4.79 Å². The highest BCUT2D eigenvalue weighted by Gasteiger charge is 2.39. The Labute approximate surface area is 257 Å². The number of unbranched alkanes of at least 4 members (excludes halogenated alkanes) is 1. The van der Waals surface area contributed by atoms with Crippen LogP contribution < -0.4 is 4.72 Å². The number of nitrogens with one attached hydrogen (secondary N) is 1. The highest BCUT2D eigenvalue weighted by atomic mass is 32.2. The van der Waals surface area contributed by atoms with E-state index in [0.29, 0.717) is 37.4 Å². The second kappa shape index (κ2) is 14.5. The van der Waals surface area contributed by atoms with Crippen LogP contribution in [0.2, 0.25) is 0 Å². The quantitative estimate of drug-likeness (QED) is 0.264. The molecule has 0 radical (unpaired) electrons. The lowest BCUT2D eigenvalue weighted by Gasteiger charge is -2.33. The fourth-order valence-corrected chi connectivity index (χ4v) is 7.33. The Bertz CT molecular complexity index is 1410. The van der Waals surface area contributed by atoms with Gasteiger partial charge in [-0.05, 0) is 68.2 Å². The van der Waals surface area contributed by atoms with Crippen molar-refractivity contribution in [2.75, 3.05) is 19.7 Å². The summed E-state index contributed by atoms with van der Waals surface area (Å²) in [5.41, 5.74) is 3.39. The lowest BCUT2D eigenvalue weighted by Crippen LogP contribution is -2.41. The lowest BCUT2D eigenvalue weighted by molar-refractivity contribution is -0.139. The molecule has 43 heavy (non-hydrogen) atoms. The zero-order valence-electron chi connectivity index (χ0n) is 26.0. The first-order valence-electron chi connectivity index (χ1n) is 15.7. The van der Waals surface area contributed by atoms with E-state index in [1.807, 2.05) is 30.0 Å². The summed E-state index contributed by atoms with van der Waals surface area (Å²) in [6.07, 6.45) is 8.37. The van der Waals surface area contributed by atoms with Crippen molar-refractivity contribution < 1.29 is 22.7 Å². The molecule has 0 spiro atoms. The third-order valence-corrected chi connectivity index (χ3v) is 10.1. The van der Waals surface area contributed by atoms with Gasteiger partial charge in [0.1, 0.15) is 0 Å². The number of rotatable bonds is 13. The maximum absolute atomic E-state index is 13.9. The SMILES string of the molecule is C=C(CCCC)N(Cc1ccc(-c2ccccc2S(=O)(=O)NC(=O)N2CCCC2)c(COCC)c1)C(=O)C1(C)CCCC1. The molecule has 2 aromatic rings. The molecule has 1 aliphatic heterocycles. The van der Waals surface area contributed by atoms with Crippen LogP contribution >= 0.6 is 0 Å². The summed E-state index contributed by atoms with van der Waals surface area (Å²) in [6, 6.07) is 12.0. The number of ether oxygens (including phenoxy) is 1. The Morgan fingerprint density at radius 3 is 2.40 bits per heavy atom. The minimum absolute atomic E-state index is 0.0342. The Morgan fingerprint density at radius 2 is 1.72 bits per heavy atom. The van der Waals surface area contributed by atoms with Gasteiger partial charge in [-0.25, -0.2) is 17.9 Å². The van der Waals surface area contributed by atoms with Crippen molar-refractivity contribution in [3.05, 3.63) is 65.9 Å². The maximum atomic E-state index is 13.9. The number of allylic oxidation sites excluding steroid dienone is 1. The third-order valence-electron chi connectivity index (χ3n) is 8.72. The first kappa shape index (κ1) is 32.7. The highest BCUT2D eigenvalue weighted by Crippen LogP contribution is 2.41. The highest BCUT2D eigenvalue weighted by molar-refractivity contribution is 7.90. The molecule has 1 saturated carbocycles. The molecular formula is C34H47N3O5S. The monoisotopic (exact) mass is 609 g/mol. The molecule has 8 nitrogen and oxygen atoms in total. The van der Waals surface area contributed by atoms with E-state index in [9.17, 15) is 18.0 Å². The molecule has 2 fully saturated rings. The zero-order valence-corrected chi connectivity index (χ0v) is 26.8. The zero-order chi connectivity index (χ0) is 31.0.